The van der Waals surface area contributed by atoms with Crippen molar-refractivity contribution < 1.29 is 14.4 Å². The van der Waals surface area contributed by atoms with Crippen LogP contribution < -0.4 is 16.4 Å². The molecule has 0 aromatic heterocycles. The Balaban J connectivity index is 3.92. The molecular formula is C8H15N3O3. The first-order valence-electron chi connectivity index (χ1n) is 4.28. The Hall–Kier alpha value is -1.43. The molecule has 0 bridgehead atoms. The van der Waals surface area contributed by atoms with Crippen molar-refractivity contribution in [1.29, 1.82) is 0 Å². The highest BCUT2D eigenvalue weighted by Crippen LogP contribution is 1.95. The van der Waals surface area contributed by atoms with Crippen LogP contribution in [0.4, 0.5) is 0 Å². The first-order chi connectivity index (χ1) is 6.61. The van der Waals surface area contributed by atoms with E-state index in [9.17, 15) is 14.4 Å². The molecule has 6 nitrogen and oxygen atoms in total. The Labute approximate surface area is 82.2 Å². The number of nitrogens with two attached hydrogens (primary N) is 1. The second-order valence-corrected chi connectivity index (χ2v) is 2.76. The molecule has 4 N–H and O–H groups in total. The van der Waals surface area contributed by atoms with Crippen molar-refractivity contribution in [2.75, 3.05) is 13.6 Å². The van der Waals surface area contributed by atoms with E-state index in [0.29, 0.717) is 12.7 Å². The molecule has 0 radical (unpaired) electrons. The van der Waals surface area contributed by atoms with Crippen LogP contribution >= 0.6 is 0 Å². The van der Waals surface area contributed by atoms with Gasteiger partial charge >= 0.3 is 0 Å². The van der Waals surface area contributed by atoms with E-state index in [4.69, 9.17) is 5.73 Å². The molecule has 0 spiro atoms. The summed E-state index contributed by atoms with van der Waals surface area (Å²) in [6, 6.07) is -0.484. The summed E-state index contributed by atoms with van der Waals surface area (Å²) in [5.74, 6) is -0.755. The second-order valence-electron chi connectivity index (χ2n) is 2.76. The van der Waals surface area contributed by atoms with Crippen molar-refractivity contribution in [2.45, 2.75) is 18.9 Å². The average molecular weight is 201 g/mol. The smallest absolute Gasteiger partial charge is 0.237 e. The zero-order valence-corrected chi connectivity index (χ0v) is 8.08. The summed E-state index contributed by atoms with van der Waals surface area (Å²) in [6.45, 7) is -0.0203. The molecular weight excluding hydrogens is 186 g/mol. The molecule has 0 aliphatic heterocycles. The number of carbonyl (C=O) groups excluding carboxylic acids is 3. The average Bonchev–Trinajstić information content (AvgIpc) is 2.15. The lowest BCUT2D eigenvalue weighted by Crippen LogP contribution is -2.43. The summed E-state index contributed by atoms with van der Waals surface area (Å²) in [6.07, 6.45) is 1.06. The molecule has 14 heavy (non-hydrogen) atoms. The van der Waals surface area contributed by atoms with Gasteiger partial charge in [-0.1, -0.05) is 0 Å². The maximum atomic E-state index is 11.3. The molecule has 0 aliphatic rings. The monoisotopic (exact) mass is 201 g/mol. The lowest BCUT2D eigenvalue weighted by atomic mass is 10.1. The first kappa shape index (κ1) is 12.6. The number of hydrogen-bond donors (Lipinski definition) is 3. The van der Waals surface area contributed by atoms with Crippen LogP contribution in [-0.2, 0) is 14.4 Å². The Bertz CT molecular complexity index is 218. The van der Waals surface area contributed by atoms with Gasteiger partial charge in [-0.2, -0.15) is 0 Å². The van der Waals surface area contributed by atoms with Gasteiger partial charge in [0.15, 0.2) is 0 Å². The molecule has 0 aromatic rings. The molecule has 0 fully saturated rings. The van der Waals surface area contributed by atoms with Gasteiger partial charge in [-0.15, -0.1) is 0 Å². The Kier molecular flexibility index (Phi) is 6.30. The van der Waals surface area contributed by atoms with Crippen molar-refractivity contribution >= 4 is 18.1 Å². The molecule has 0 saturated carbocycles. The molecule has 0 heterocycles. The summed E-state index contributed by atoms with van der Waals surface area (Å²) in [5.41, 5.74) is 4.94. The zero-order valence-electron chi connectivity index (χ0n) is 8.08. The summed E-state index contributed by atoms with van der Waals surface area (Å²) >= 11 is 0. The summed E-state index contributed by atoms with van der Waals surface area (Å²) in [7, 11) is 1.60. The van der Waals surface area contributed by atoms with Gasteiger partial charge in [0, 0.05) is 6.42 Å². The Morgan fingerprint density at radius 3 is 2.57 bits per heavy atom. The van der Waals surface area contributed by atoms with Crippen LogP contribution in [0.25, 0.3) is 0 Å². The minimum absolute atomic E-state index is 0.0203. The molecule has 0 saturated heterocycles. The predicted molar refractivity (Wildman–Crippen MR) is 50.3 cm³/mol. The number of nitrogens with one attached hydrogen (secondary N) is 2. The minimum Gasteiger partial charge on any atom is -0.370 e. The number of likely N-dealkylation sites (N-methyl/N-ethyl adjacent to an activating group) is 1. The number of primary amides is 1. The maximum absolute atomic E-state index is 11.3. The van der Waals surface area contributed by atoms with Crippen molar-refractivity contribution in [3.05, 3.63) is 0 Å². The molecule has 0 aromatic carbocycles. The van der Waals surface area contributed by atoms with Gasteiger partial charge in [0.05, 0.1) is 12.6 Å². The third-order valence-corrected chi connectivity index (χ3v) is 1.70. The van der Waals surface area contributed by atoms with Gasteiger partial charge in [-0.25, -0.2) is 0 Å². The summed E-state index contributed by atoms with van der Waals surface area (Å²) in [5, 5.41) is 5.12. The molecule has 1 atom stereocenters. The van der Waals surface area contributed by atoms with Crippen molar-refractivity contribution in [1.82, 2.24) is 10.6 Å². The van der Waals surface area contributed by atoms with Crippen LogP contribution in [0.1, 0.15) is 12.8 Å². The number of aldehydes is 1. The largest absolute Gasteiger partial charge is 0.370 e. The zero-order chi connectivity index (χ0) is 11.0. The van der Waals surface area contributed by atoms with E-state index < -0.39 is 11.9 Å². The third-order valence-electron chi connectivity index (χ3n) is 1.70. The van der Waals surface area contributed by atoms with Crippen molar-refractivity contribution in [2.24, 2.45) is 5.73 Å². The quantitative estimate of drug-likeness (QED) is 0.421. The van der Waals surface area contributed by atoms with Crippen LogP contribution in [0, 0.1) is 0 Å². The molecule has 6 heteroatoms. The van der Waals surface area contributed by atoms with Gasteiger partial charge in [-0.05, 0) is 13.5 Å². The normalized spacial score (nSPS) is 11.8. The number of carbonyl (C=O) groups is 3. The standard InChI is InChI=1S/C8H15N3O3/c1-10-6(2-3-7(9)13)8(14)11-4-5-12/h5-6,10H,2-4H2,1H3,(H2,9,13)(H,11,14)/t6-/m0/s1. The fourth-order valence-corrected chi connectivity index (χ4v) is 0.959. The lowest BCUT2D eigenvalue weighted by Gasteiger charge is -2.13. The van der Waals surface area contributed by atoms with Crippen molar-refractivity contribution in [3.8, 4) is 0 Å². The van der Waals surface area contributed by atoms with Crippen LogP contribution in [0.3, 0.4) is 0 Å². The summed E-state index contributed by atoms with van der Waals surface area (Å²) < 4.78 is 0. The SMILES string of the molecule is CN[C@@H](CCC(N)=O)C(=O)NCC=O. The van der Waals surface area contributed by atoms with Gasteiger partial charge < -0.3 is 21.2 Å². The topological polar surface area (TPSA) is 101 Å². The van der Waals surface area contributed by atoms with E-state index in [-0.39, 0.29) is 18.9 Å². The Morgan fingerprint density at radius 2 is 2.14 bits per heavy atom. The molecule has 2 amide bonds. The molecule has 0 unspecified atom stereocenters. The van der Waals surface area contributed by atoms with Crippen LogP contribution in [0.2, 0.25) is 0 Å². The van der Waals surface area contributed by atoms with E-state index in [0.717, 1.165) is 0 Å². The third kappa shape index (κ3) is 5.26. The molecule has 80 valence electrons. The Morgan fingerprint density at radius 1 is 1.50 bits per heavy atom. The lowest BCUT2D eigenvalue weighted by molar-refractivity contribution is -0.124. The van der Waals surface area contributed by atoms with Gasteiger partial charge in [0.25, 0.3) is 0 Å². The van der Waals surface area contributed by atoms with Gasteiger partial charge in [0.2, 0.25) is 11.8 Å². The summed E-state index contributed by atoms with van der Waals surface area (Å²) in [4.78, 5) is 31.7. The highest BCUT2D eigenvalue weighted by molar-refractivity contribution is 5.84. The van der Waals surface area contributed by atoms with Crippen molar-refractivity contribution in [3.63, 3.8) is 0 Å². The minimum atomic E-state index is -0.484. The second kappa shape index (κ2) is 7.02. The van der Waals surface area contributed by atoms with E-state index in [1.807, 2.05) is 0 Å². The van der Waals surface area contributed by atoms with E-state index in [2.05, 4.69) is 10.6 Å². The molecule has 0 rings (SSSR count). The van der Waals surface area contributed by atoms with Crippen LogP contribution in [0.15, 0.2) is 0 Å². The number of amides is 2. The van der Waals surface area contributed by atoms with Gasteiger partial charge in [0.1, 0.15) is 6.29 Å². The van der Waals surface area contributed by atoms with E-state index in [1.165, 1.54) is 0 Å². The molecule has 0 aliphatic carbocycles. The highest BCUT2D eigenvalue weighted by atomic mass is 16.2. The fraction of sp³-hybridized carbons (Fsp3) is 0.625. The predicted octanol–water partition coefficient (Wildman–Crippen LogP) is -1.84. The first-order valence-corrected chi connectivity index (χ1v) is 4.28. The van der Waals surface area contributed by atoms with E-state index in [1.54, 1.807) is 7.05 Å². The van der Waals surface area contributed by atoms with Crippen LogP contribution in [-0.4, -0.2) is 37.7 Å². The van der Waals surface area contributed by atoms with Gasteiger partial charge in [-0.3, -0.25) is 9.59 Å². The van der Waals surface area contributed by atoms with E-state index >= 15 is 0 Å². The number of rotatable bonds is 7. The van der Waals surface area contributed by atoms with Crippen LogP contribution in [0.5, 0.6) is 0 Å². The fourth-order valence-electron chi connectivity index (χ4n) is 0.959. The number of hydrogen-bond acceptors (Lipinski definition) is 4. The maximum Gasteiger partial charge on any atom is 0.237 e. The highest BCUT2D eigenvalue weighted by Gasteiger charge is 2.15.